The predicted octanol–water partition coefficient (Wildman–Crippen LogP) is 2.28. The molecule has 2 aromatic rings. The number of aromatic amines is 1. The molecule has 0 atom stereocenters. The van der Waals surface area contributed by atoms with Crippen molar-refractivity contribution in [3.63, 3.8) is 0 Å². The van der Waals surface area contributed by atoms with E-state index in [0.29, 0.717) is 5.39 Å². The lowest BCUT2D eigenvalue weighted by Gasteiger charge is -2.03. The molecule has 0 saturated carbocycles. The Balaban J connectivity index is 3.08. The predicted molar refractivity (Wildman–Crippen MR) is 54.0 cm³/mol. The lowest BCUT2D eigenvalue weighted by molar-refractivity contribution is 0.638. The molecule has 1 heterocycles. The maximum absolute atomic E-state index is 13.3. The zero-order chi connectivity index (χ0) is 10.3. The minimum atomic E-state index is -0.466. The van der Waals surface area contributed by atoms with Crippen LogP contribution in [-0.2, 0) is 0 Å². The van der Waals surface area contributed by atoms with Gasteiger partial charge < -0.3 is 4.98 Å². The maximum atomic E-state index is 13.3. The second-order valence-corrected chi connectivity index (χ2v) is 3.43. The molecule has 1 N–H and O–H groups in total. The molecule has 0 radical (unpaired) electrons. The van der Waals surface area contributed by atoms with E-state index in [1.54, 1.807) is 19.1 Å². The topological polar surface area (TPSA) is 32.9 Å². The fourth-order valence-electron chi connectivity index (χ4n) is 1.61. The molecule has 0 aliphatic heterocycles. The summed E-state index contributed by atoms with van der Waals surface area (Å²) in [6.07, 6.45) is 0. The first-order chi connectivity index (χ1) is 6.59. The summed E-state index contributed by atoms with van der Waals surface area (Å²) in [4.78, 5) is 14.1. The van der Waals surface area contributed by atoms with E-state index in [0.717, 1.165) is 11.3 Å². The van der Waals surface area contributed by atoms with Crippen molar-refractivity contribution in [2.75, 3.05) is 0 Å². The van der Waals surface area contributed by atoms with Gasteiger partial charge in [-0.25, -0.2) is 4.39 Å². The Morgan fingerprint density at radius 1 is 1.29 bits per heavy atom. The molecule has 0 aliphatic carbocycles. The highest BCUT2D eigenvalue weighted by atomic mass is 19.1. The van der Waals surface area contributed by atoms with E-state index >= 15 is 0 Å². The van der Waals surface area contributed by atoms with Gasteiger partial charge in [-0.2, -0.15) is 0 Å². The summed E-state index contributed by atoms with van der Waals surface area (Å²) in [5.41, 5.74) is 1.30. The van der Waals surface area contributed by atoms with E-state index in [4.69, 9.17) is 0 Å². The molecule has 1 aromatic heterocycles. The highest BCUT2D eigenvalue weighted by Crippen LogP contribution is 2.18. The third-order valence-corrected chi connectivity index (χ3v) is 2.31. The van der Waals surface area contributed by atoms with Crippen molar-refractivity contribution in [2.24, 2.45) is 0 Å². The first-order valence-electron chi connectivity index (χ1n) is 4.38. The number of halogens is 1. The zero-order valence-electron chi connectivity index (χ0n) is 8.02. The SMILES string of the molecule is Cc1cc2c(C)ccc(F)c2c(=O)[nH]1. The Morgan fingerprint density at radius 2 is 2.00 bits per heavy atom. The van der Waals surface area contributed by atoms with Gasteiger partial charge in [0.15, 0.2) is 0 Å². The van der Waals surface area contributed by atoms with Gasteiger partial charge >= 0.3 is 0 Å². The molecule has 2 nitrogen and oxygen atoms in total. The molecule has 0 amide bonds. The van der Waals surface area contributed by atoms with Crippen molar-refractivity contribution in [1.29, 1.82) is 0 Å². The number of hydrogen-bond acceptors (Lipinski definition) is 1. The van der Waals surface area contributed by atoms with Crippen molar-refractivity contribution >= 4 is 10.8 Å². The number of nitrogens with one attached hydrogen (secondary N) is 1. The van der Waals surface area contributed by atoms with E-state index in [-0.39, 0.29) is 10.9 Å². The molecule has 2 rings (SSSR count). The van der Waals surface area contributed by atoms with Crippen LogP contribution in [0.5, 0.6) is 0 Å². The first kappa shape index (κ1) is 8.94. The third-order valence-electron chi connectivity index (χ3n) is 2.31. The number of H-pyrrole nitrogens is 1. The van der Waals surface area contributed by atoms with Crippen LogP contribution >= 0.6 is 0 Å². The second kappa shape index (κ2) is 2.94. The standard InChI is InChI=1S/C11H10FNO/c1-6-3-4-9(12)10-8(6)5-7(2)13-11(10)14/h3-5H,1-2H3,(H,13,14). The van der Waals surface area contributed by atoms with Gasteiger partial charge in [0, 0.05) is 5.69 Å². The van der Waals surface area contributed by atoms with E-state index in [2.05, 4.69) is 4.98 Å². The van der Waals surface area contributed by atoms with Gasteiger partial charge in [0.1, 0.15) is 5.82 Å². The van der Waals surface area contributed by atoms with Gasteiger partial charge in [-0.15, -0.1) is 0 Å². The highest BCUT2D eigenvalue weighted by Gasteiger charge is 2.07. The first-order valence-corrected chi connectivity index (χ1v) is 4.38. The Bertz CT molecular complexity index is 557. The molecule has 0 unspecified atom stereocenters. The molecular weight excluding hydrogens is 181 g/mol. The van der Waals surface area contributed by atoms with Gasteiger partial charge in [-0.1, -0.05) is 6.07 Å². The monoisotopic (exact) mass is 191 g/mol. The van der Waals surface area contributed by atoms with Crippen LogP contribution in [-0.4, -0.2) is 4.98 Å². The van der Waals surface area contributed by atoms with Crippen LogP contribution in [0, 0.1) is 19.7 Å². The van der Waals surface area contributed by atoms with Gasteiger partial charge in [0.25, 0.3) is 5.56 Å². The third kappa shape index (κ3) is 1.21. The van der Waals surface area contributed by atoms with Crippen LogP contribution in [0.15, 0.2) is 23.0 Å². The quantitative estimate of drug-likeness (QED) is 0.680. The lowest BCUT2D eigenvalue weighted by atomic mass is 10.1. The molecule has 0 fully saturated rings. The van der Waals surface area contributed by atoms with Crippen molar-refractivity contribution < 1.29 is 4.39 Å². The largest absolute Gasteiger partial charge is 0.326 e. The average molecular weight is 191 g/mol. The van der Waals surface area contributed by atoms with E-state index in [9.17, 15) is 9.18 Å². The van der Waals surface area contributed by atoms with Crippen LogP contribution in [0.4, 0.5) is 4.39 Å². The molecule has 1 aromatic carbocycles. The van der Waals surface area contributed by atoms with E-state index in [1.165, 1.54) is 6.07 Å². The number of fused-ring (bicyclic) bond motifs is 1. The van der Waals surface area contributed by atoms with Gasteiger partial charge in [0.05, 0.1) is 5.39 Å². The van der Waals surface area contributed by atoms with Gasteiger partial charge in [0.2, 0.25) is 0 Å². The van der Waals surface area contributed by atoms with Gasteiger partial charge in [-0.3, -0.25) is 4.79 Å². The number of benzene rings is 1. The number of pyridine rings is 1. The van der Waals surface area contributed by atoms with Crippen LogP contribution in [0.3, 0.4) is 0 Å². The Kier molecular flexibility index (Phi) is 1.88. The van der Waals surface area contributed by atoms with E-state index < -0.39 is 5.82 Å². The molecule has 0 spiro atoms. The molecule has 14 heavy (non-hydrogen) atoms. The van der Waals surface area contributed by atoms with Crippen molar-refractivity contribution in [2.45, 2.75) is 13.8 Å². The number of aromatic nitrogens is 1. The number of hydrogen-bond donors (Lipinski definition) is 1. The summed E-state index contributed by atoms with van der Waals surface area (Å²) in [6.45, 7) is 3.64. The Labute approximate surface area is 80.4 Å². The van der Waals surface area contributed by atoms with Crippen LogP contribution in [0.25, 0.3) is 10.8 Å². The van der Waals surface area contributed by atoms with Crippen molar-refractivity contribution in [3.05, 3.63) is 45.6 Å². The maximum Gasteiger partial charge on any atom is 0.258 e. The molecule has 72 valence electrons. The molecule has 0 aliphatic rings. The van der Waals surface area contributed by atoms with Crippen LogP contribution in [0.2, 0.25) is 0 Å². The summed E-state index contributed by atoms with van der Waals surface area (Å²) in [6, 6.07) is 4.79. The Hall–Kier alpha value is -1.64. The zero-order valence-corrected chi connectivity index (χ0v) is 8.02. The summed E-state index contributed by atoms with van der Waals surface area (Å²) in [7, 11) is 0. The molecular formula is C11H10FNO. The average Bonchev–Trinajstić information content (AvgIpc) is 2.10. The lowest BCUT2D eigenvalue weighted by Crippen LogP contribution is -2.09. The minimum Gasteiger partial charge on any atom is -0.326 e. The fourth-order valence-corrected chi connectivity index (χ4v) is 1.61. The summed E-state index contributed by atoms with van der Waals surface area (Å²) in [5, 5.41) is 0.835. The van der Waals surface area contributed by atoms with Gasteiger partial charge in [-0.05, 0) is 36.9 Å². The van der Waals surface area contributed by atoms with Crippen molar-refractivity contribution in [3.8, 4) is 0 Å². The second-order valence-electron chi connectivity index (χ2n) is 3.43. The number of aryl methyl sites for hydroxylation is 2. The van der Waals surface area contributed by atoms with Crippen LogP contribution in [0.1, 0.15) is 11.3 Å². The fraction of sp³-hybridized carbons (Fsp3) is 0.182. The molecule has 0 bridgehead atoms. The normalized spacial score (nSPS) is 10.8. The van der Waals surface area contributed by atoms with Crippen molar-refractivity contribution in [1.82, 2.24) is 4.98 Å². The summed E-state index contributed by atoms with van der Waals surface area (Å²) in [5.74, 6) is -0.466. The van der Waals surface area contributed by atoms with Crippen LogP contribution < -0.4 is 5.56 Å². The minimum absolute atomic E-state index is 0.149. The molecule has 3 heteroatoms. The van der Waals surface area contributed by atoms with E-state index in [1.807, 2.05) is 6.92 Å². The Morgan fingerprint density at radius 3 is 2.71 bits per heavy atom. The smallest absolute Gasteiger partial charge is 0.258 e. The number of rotatable bonds is 0. The summed E-state index contributed by atoms with van der Waals surface area (Å²) < 4.78 is 13.3. The highest BCUT2D eigenvalue weighted by molar-refractivity contribution is 5.85. The molecule has 0 saturated heterocycles. The summed E-state index contributed by atoms with van der Waals surface area (Å²) >= 11 is 0.